The topological polar surface area (TPSA) is 52.6 Å². The second-order valence-corrected chi connectivity index (χ2v) is 6.99. The third kappa shape index (κ3) is 2.52. The van der Waals surface area contributed by atoms with Gasteiger partial charge in [-0.1, -0.05) is 47.6 Å². The van der Waals surface area contributed by atoms with Crippen molar-refractivity contribution in [1.82, 2.24) is 0 Å². The molecule has 4 rings (SSSR count). The van der Waals surface area contributed by atoms with E-state index in [1.165, 1.54) is 36.5 Å². The van der Waals surface area contributed by atoms with Gasteiger partial charge in [0.05, 0.1) is 25.4 Å². The lowest BCUT2D eigenvalue weighted by Crippen LogP contribution is -2.17. The summed E-state index contributed by atoms with van der Waals surface area (Å²) in [6.45, 7) is 0. The average molecular weight is 350 g/mol. The molecule has 0 heterocycles. The SMILES string of the molecule is COC(=O)C1=C(C(=O)OC)C2C=CC1C2=C1CCC(=C2C=CC=C2)CC1. The number of methoxy groups -OCH3 is 2. The Bertz CT molecular complexity index is 797. The van der Waals surface area contributed by atoms with E-state index in [1.807, 2.05) is 12.2 Å². The molecule has 1 fully saturated rings. The number of hydrogen-bond donors (Lipinski definition) is 0. The molecule has 1 saturated carbocycles. The molecule has 0 aromatic carbocycles. The zero-order chi connectivity index (χ0) is 18.3. The van der Waals surface area contributed by atoms with Crippen LogP contribution in [0.1, 0.15) is 25.7 Å². The van der Waals surface area contributed by atoms with Crippen molar-refractivity contribution in [3.63, 3.8) is 0 Å². The number of hydrogen-bond acceptors (Lipinski definition) is 4. The van der Waals surface area contributed by atoms with Crippen molar-refractivity contribution in [2.24, 2.45) is 11.8 Å². The third-order valence-electron chi connectivity index (χ3n) is 5.83. The van der Waals surface area contributed by atoms with Crippen LogP contribution in [-0.2, 0) is 19.1 Å². The highest BCUT2D eigenvalue weighted by Gasteiger charge is 2.47. The molecule has 4 aliphatic carbocycles. The first-order chi connectivity index (χ1) is 12.7. The van der Waals surface area contributed by atoms with E-state index in [1.54, 1.807) is 0 Å². The van der Waals surface area contributed by atoms with Gasteiger partial charge in [-0.3, -0.25) is 0 Å². The largest absolute Gasteiger partial charge is 0.466 e. The molecule has 0 aromatic heterocycles. The highest BCUT2D eigenvalue weighted by atomic mass is 16.5. The number of carbonyl (C=O) groups excluding carboxylic acids is 2. The number of allylic oxidation sites excluding steroid dienone is 10. The van der Waals surface area contributed by atoms with Crippen LogP contribution in [0, 0.1) is 11.8 Å². The van der Waals surface area contributed by atoms with Crippen LogP contribution in [0.25, 0.3) is 0 Å². The predicted molar refractivity (Wildman–Crippen MR) is 98.0 cm³/mol. The lowest BCUT2D eigenvalue weighted by Gasteiger charge is -2.23. The molecule has 4 nitrogen and oxygen atoms in total. The van der Waals surface area contributed by atoms with Gasteiger partial charge in [0.25, 0.3) is 0 Å². The van der Waals surface area contributed by atoms with E-state index in [0.717, 1.165) is 25.7 Å². The maximum Gasteiger partial charge on any atom is 0.335 e. The summed E-state index contributed by atoms with van der Waals surface area (Å²) in [7, 11) is 2.71. The Kier molecular flexibility index (Phi) is 4.27. The molecular weight excluding hydrogens is 328 g/mol. The first kappa shape index (κ1) is 16.8. The van der Waals surface area contributed by atoms with Crippen molar-refractivity contribution in [2.75, 3.05) is 14.2 Å². The number of fused-ring (bicyclic) bond motifs is 2. The lowest BCUT2D eigenvalue weighted by molar-refractivity contribution is -0.139. The van der Waals surface area contributed by atoms with Gasteiger partial charge in [-0.05, 0) is 36.8 Å². The van der Waals surface area contributed by atoms with Gasteiger partial charge in [0.2, 0.25) is 0 Å². The van der Waals surface area contributed by atoms with Crippen LogP contribution >= 0.6 is 0 Å². The zero-order valence-electron chi connectivity index (χ0n) is 15.1. The summed E-state index contributed by atoms with van der Waals surface area (Å²) < 4.78 is 9.90. The fraction of sp³-hybridized carbons (Fsp3) is 0.364. The van der Waals surface area contributed by atoms with E-state index in [9.17, 15) is 9.59 Å². The van der Waals surface area contributed by atoms with Crippen LogP contribution in [0.15, 0.2) is 69.9 Å². The zero-order valence-corrected chi connectivity index (χ0v) is 15.1. The van der Waals surface area contributed by atoms with Gasteiger partial charge in [-0.15, -0.1) is 0 Å². The molecule has 0 spiro atoms. The van der Waals surface area contributed by atoms with Crippen LogP contribution in [0.5, 0.6) is 0 Å². The van der Waals surface area contributed by atoms with Crippen LogP contribution in [-0.4, -0.2) is 26.2 Å². The molecular formula is C22H22O4. The second kappa shape index (κ2) is 6.60. The molecule has 0 radical (unpaired) electrons. The summed E-state index contributed by atoms with van der Waals surface area (Å²) in [4.78, 5) is 24.6. The second-order valence-electron chi connectivity index (χ2n) is 6.99. The molecule has 2 atom stereocenters. The Labute approximate surface area is 153 Å². The van der Waals surface area contributed by atoms with E-state index >= 15 is 0 Å². The normalized spacial score (nSPS) is 26.4. The maximum absolute atomic E-state index is 12.3. The Morgan fingerprint density at radius 1 is 0.808 bits per heavy atom. The fourth-order valence-corrected chi connectivity index (χ4v) is 4.64. The van der Waals surface area contributed by atoms with E-state index in [2.05, 4.69) is 24.3 Å². The van der Waals surface area contributed by atoms with Gasteiger partial charge in [0.1, 0.15) is 0 Å². The summed E-state index contributed by atoms with van der Waals surface area (Å²) in [5.74, 6) is -1.14. The first-order valence-electron chi connectivity index (χ1n) is 9.03. The Morgan fingerprint density at radius 3 is 1.73 bits per heavy atom. The molecule has 0 aromatic rings. The predicted octanol–water partition coefficient (Wildman–Crippen LogP) is 3.74. The quantitative estimate of drug-likeness (QED) is 0.562. The van der Waals surface area contributed by atoms with Crippen molar-refractivity contribution in [1.29, 1.82) is 0 Å². The van der Waals surface area contributed by atoms with E-state index in [4.69, 9.17) is 9.47 Å². The van der Waals surface area contributed by atoms with Crippen molar-refractivity contribution < 1.29 is 19.1 Å². The van der Waals surface area contributed by atoms with E-state index < -0.39 is 11.9 Å². The highest BCUT2D eigenvalue weighted by molar-refractivity contribution is 6.05. The van der Waals surface area contributed by atoms with Crippen molar-refractivity contribution in [3.05, 3.63) is 69.9 Å². The minimum atomic E-state index is -0.430. The van der Waals surface area contributed by atoms with E-state index in [-0.39, 0.29) is 11.8 Å². The van der Waals surface area contributed by atoms with E-state index in [0.29, 0.717) is 11.1 Å². The molecule has 0 amide bonds. The standard InChI is InChI=1S/C22H22O4/c1-25-21(23)19-16-11-12-17(20(19)22(24)26-2)18(16)15-9-7-14(8-10-15)13-5-3-4-6-13/h3-6,11-12,16-17H,7-10H2,1-2H3. The summed E-state index contributed by atoms with van der Waals surface area (Å²) in [5, 5.41) is 0. The number of esters is 2. The monoisotopic (exact) mass is 350 g/mol. The molecule has 0 aliphatic heterocycles. The number of rotatable bonds is 2. The van der Waals surface area contributed by atoms with Crippen molar-refractivity contribution >= 4 is 11.9 Å². The molecule has 4 aliphatic rings. The Balaban J connectivity index is 1.66. The Morgan fingerprint density at radius 2 is 1.27 bits per heavy atom. The van der Waals surface area contributed by atoms with Gasteiger partial charge in [0.15, 0.2) is 0 Å². The van der Waals surface area contributed by atoms with Crippen LogP contribution in [0.2, 0.25) is 0 Å². The fourth-order valence-electron chi connectivity index (χ4n) is 4.64. The summed E-state index contributed by atoms with van der Waals surface area (Å²) in [6.07, 6.45) is 16.6. The summed E-state index contributed by atoms with van der Waals surface area (Å²) in [5.41, 5.74) is 6.32. The van der Waals surface area contributed by atoms with Crippen molar-refractivity contribution in [2.45, 2.75) is 25.7 Å². The molecule has 2 bridgehead atoms. The van der Waals surface area contributed by atoms with Gasteiger partial charge in [0, 0.05) is 11.8 Å². The van der Waals surface area contributed by atoms with Gasteiger partial charge < -0.3 is 9.47 Å². The molecule has 26 heavy (non-hydrogen) atoms. The summed E-state index contributed by atoms with van der Waals surface area (Å²) >= 11 is 0. The van der Waals surface area contributed by atoms with Gasteiger partial charge in [-0.25, -0.2) is 9.59 Å². The number of ether oxygens (including phenoxy) is 2. The molecule has 0 saturated heterocycles. The Hall–Kier alpha value is -2.62. The maximum atomic E-state index is 12.3. The smallest absolute Gasteiger partial charge is 0.335 e. The van der Waals surface area contributed by atoms with Gasteiger partial charge in [-0.2, -0.15) is 0 Å². The molecule has 4 heteroatoms. The van der Waals surface area contributed by atoms with Gasteiger partial charge >= 0.3 is 11.9 Å². The van der Waals surface area contributed by atoms with Crippen LogP contribution in [0.3, 0.4) is 0 Å². The lowest BCUT2D eigenvalue weighted by atomic mass is 9.81. The minimum absolute atomic E-state index is 0.142. The van der Waals surface area contributed by atoms with Crippen LogP contribution < -0.4 is 0 Å². The molecule has 2 unspecified atom stereocenters. The van der Waals surface area contributed by atoms with Crippen molar-refractivity contribution in [3.8, 4) is 0 Å². The molecule has 0 N–H and O–H groups in total. The first-order valence-corrected chi connectivity index (χ1v) is 9.03. The summed E-state index contributed by atoms with van der Waals surface area (Å²) in [6, 6.07) is 0. The third-order valence-corrected chi connectivity index (χ3v) is 5.83. The molecule has 134 valence electrons. The highest BCUT2D eigenvalue weighted by Crippen LogP contribution is 2.52. The van der Waals surface area contributed by atoms with Crippen LogP contribution in [0.4, 0.5) is 0 Å². The minimum Gasteiger partial charge on any atom is -0.466 e. The average Bonchev–Trinajstić information content (AvgIpc) is 3.41. The number of carbonyl (C=O) groups is 2.